The lowest BCUT2D eigenvalue weighted by Gasteiger charge is -2.41. The van der Waals surface area contributed by atoms with Crippen LogP contribution in [0, 0.1) is 5.41 Å². The van der Waals surface area contributed by atoms with Crippen LogP contribution in [-0.2, 0) is 9.53 Å². The maximum Gasteiger partial charge on any atom is 0.317 e. The minimum absolute atomic E-state index is 0.0742. The summed E-state index contributed by atoms with van der Waals surface area (Å²) in [5.41, 5.74) is -1.91. The molecule has 0 aromatic rings. The number of urea groups is 1. The second-order valence-corrected chi connectivity index (χ2v) is 6.65. The van der Waals surface area contributed by atoms with Crippen LogP contribution in [0.25, 0.3) is 0 Å². The van der Waals surface area contributed by atoms with E-state index in [-0.39, 0.29) is 12.1 Å². The lowest BCUT2D eigenvalue weighted by atomic mass is 9.74. The van der Waals surface area contributed by atoms with E-state index >= 15 is 0 Å². The van der Waals surface area contributed by atoms with Crippen molar-refractivity contribution in [2.24, 2.45) is 5.41 Å². The summed E-state index contributed by atoms with van der Waals surface area (Å²) in [6.07, 6.45) is 1.94. The van der Waals surface area contributed by atoms with Crippen LogP contribution < -0.4 is 5.32 Å². The van der Waals surface area contributed by atoms with Gasteiger partial charge < -0.3 is 20.1 Å². The first-order chi connectivity index (χ1) is 9.61. The van der Waals surface area contributed by atoms with Gasteiger partial charge in [0, 0.05) is 19.7 Å². The molecule has 0 aliphatic carbocycles. The summed E-state index contributed by atoms with van der Waals surface area (Å²) >= 11 is 0. The predicted molar refractivity (Wildman–Crippen MR) is 80.2 cm³/mol. The molecule has 6 heteroatoms. The third-order valence-corrected chi connectivity index (χ3v) is 4.58. The zero-order chi connectivity index (χ0) is 16.3. The number of nitrogens with one attached hydrogen (secondary N) is 1. The van der Waals surface area contributed by atoms with Crippen molar-refractivity contribution in [3.63, 3.8) is 0 Å². The number of rotatable bonds is 5. The number of ether oxygens (including phenoxy) is 1. The highest BCUT2D eigenvalue weighted by molar-refractivity contribution is 5.79. The van der Waals surface area contributed by atoms with E-state index in [0.717, 1.165) is 12.8 Å². The summed E-state index contributed by atoms with van der Waals surface area (Å²) in [7, 11) is 0. The average molecular weight is 300 g/mol. The minimum Gasteiger partial charge on any atom is -0.481 e. The number of carbonyl (C=O) groups is 2. The molecule has 0 radical (unpaired) electrons. The molecular weight excluding hydrogens is 272 g/mol. The zero-order valence-electron chi connectivity index (χ0n) is 13.7. The van der Waals surface area contributed by atoms with E-state index in [0.29, 0.717) is 19.7 Å². The molecule has 0 aromatic carbocycles. The van der Waals surface area contributed by atoms with Gasteiger partial charge in [-0.3, -0.25) is 4.79 Å². The van der Waals surface area contributed by atoms with E-state index in [1.807, 2.05) is 6.92 Å². The molecule has 0 saturated carbocycles. The van der Waals surface area contributed by atoms with Crippen LogP contribution >= 0.6 is 0 Å². The third-order valence-electron chi connectivity index (χ3n) is 4.58. The summed E-state index contributed by atoms with van der Waals surface area (Å²) in [4.78, 5) is 25.5. The number of carboxylic acids is 1. The fraction of sp³-hybridized carbons (Fsp3) is 0.867. The summed E-state index contributed by atoms with van der Waals surface area (Å²) in [5, 5.41) is 12.2. The number of hydrogen-bond acceptors (Lipinski definition) is 3. The summed E-state index contributed by atoms with van der Waals surface area (Å²) in [6.45, 7) is 10.5. The zero-order valence-corrected chi connectivity index (χ0v) is 13.7. The molecular formula is C15H28N2O4. The van der Waals surface area contributed by atoms with Crippen molar-refractivity contribution in [3.8, 4) is 0 Å². The molecule has 1 fully saturated rings. The van der Waals surface area contributed by atoms with Crippen LogP contribution in [0.3, 0.4) is 0 Å². The van der Waals surface area contributed by atoms with Crippen molar-refractivity contribution in [1.29, 1.82) is 0 Å². The Morgan fingerprint density at radius 1 is 1.33 bits per heavy atom. The normalized spacial score (nSPS) is 20.2. The van der Waals surface area contributed by atoms with Gasteiger partial charge >= 0.3 is 12.0 Å². The second kappa shape index (κ2) is 6.64. The smallest absolute Gasteiger partial charge is 0.317 e. The summed E-state index contributed by atoms with van der Waals surface area (Å²) in [6, 6.07) is -0.223. The molecule has 1 heterocycles. The molecule has 122 valence electrons. The maximum atomic E-state index is 12.4. The molecule has 2 amide bonds. The van der Waals surface area contributed by atoms with Gasteiger partial charge in [0.25, 0.3) is 0 Å². The van der Waals surface area contributed by atoms with Crippen LogP contribution in [-0.4, -0.2) is 53.3 Å². The van der Waals surface area contributed by atoms with E-state index in [2.05, 4.69) is 5.32 Å². The lowest BCUT2D eigenvalue weighted by Crippen LogP contribution is -2.60. The number of carbonyl (C=O) groups excluding carboxylic acids is 1. The number of aliphatic carboxylic acids is 1. The van der Waals surface area contributed by atoms with Gasteiger partial charge in [-0.15, -0.1) is 0 Å². The third kappa shape index (κ3) is 4.09. The molecule has 1 unspecified atom stereocenters. The second-order valence-electron chi connectivity index (χ2n) is 6.65. The standard InChI is InChI=1S/C15H28N2O4/c1-6-21-11-8-7-9-17(10-11)13(20)16-15(4,5)14(2,3)12(18)19/h11H,6-10H2,1-5H3,(H,16,20)(H,18,19). The van der Waals surface area contributed by atoms with Gasteiger partial charge in [0.2, 0.25) is 0 Å². The number of nitrogens with zero attached hydrogens (tertiary/aromatic N) is 1. The maximum absolute atomic E-state index is 12.4. The highest BCUT2D eigenvalue weighted by Crippen LogP contribution is 2.31. The van der Waals surface area contributed by atoms with Crippen molar-refractivity contribution >= 4 is 12.0 Å². The molecule has 1 aliphatic rings. The van der Waals surface area contributed by atoms with Gasteiger partial charge in [-0.25, -0.2) is 4.79 Å². The van der Waals surface area contributed by atoms with Gasteiger partial charge in [-0.05, 0) is 47.5 Å². The lowest BCUT2D eigenvalue weighted by molar-refractivity contribution is -0.150. The molecule has 0 bridgehead atoms. The van der Waals surface area contributed by atoms with Gasteiger partial charge in [0.15, 0.2) is 0 Å². The Bertz CT molecular complexity index is 391. The Morgan fingerprint density at radius 3 is 2.48 bits per heavy atom. The molecule has 1 aliphatic heterocycles. The number of likely N-dealkylation sites (tertiary alicyclic amines) is 1. The first kappa shape index (κ1) is 17.8. The van der Waals surface area contributed by atoms with E-state index in [1.54, 1.807) is 32.6 Å². The summed E-state index contributed by atoms with van der Waals surface area (Å²) < 4.78 is 5.58. The van der Waals surface area contributed by atoms with E-state index in [9.17, 15) is 14.7 Å². The Morgan fingerprint density at radius 2 is 1.95 bits per heavy atom. The highest BCUT2D eigenvalue weighted by atomic mass is 16.5. The molecule has 6 nitrogen and oxygen atoms in total. The predicted octanol–water partition coefficient (Wildman–Crippen LogP) is 2.09. The topological polar surface area (TPSA) is 78.9 Å². The number of amides is 2. The van der Waals surface area contributed by atoms with Gasteiger partial charge in [-0.1, -0.05) is 0 Å². The van der Waals surface area contributed by atoms with E-state index in [1.165, 1.54) is 0 Å². The first-order valence-corrected chi connectivity index (χ1v) is 7.54. The summed E-state index contributed by atoms with van der Waals surface area (Å²) in [5.74, 6) is -0.932. The van der Waals surface area contributed by atoms with Crippen LogP contribution in [0.1, 0.15) is 47.5 Å². The molecule has 21 heavy (non-hydrogen) atoms. The highest BCUT2D eigenvalue weighted by Gasteiger charge is 2.45. The Balaban J connectivity index is 2.69. The van der Waals surface area contributed by atoms with Gasteiger partial charge in [-0.2, -0.15) is 0 Å². The molecule has 2 N–H and O–H groups in total. The molecule has 1 saturated heterocycles. The Hall–Kier alpha value is -1.30. The van der Waals surface area contributed by atoms with E-state index < -0.39 is 16.9 Å². The monoisotopic (exact) mass is 300 g/mol. The molecule has 1 atom stereocenters. The van der Waals surface area contributed by atoms with Gasteiger partial charge in [0.05, 0.1) is 17.1 Å². The number of hydrogen-bond donors (Lipinski definition) is 2. The van der Waals surface area contributed by atoms with Crippen molar-refractivity contribution in [3.05, 3.63) is 0 Å². The van der Waals surface area contributed by atoms with Crippen LogP contribution in [0.4, 0.5) is 4.79 Å². The average Bonchev–Trinajstić information content (AvgIpc) is 2.38. The van der Waals surface area contributed by atoms with Crippen molar-refractivity contribution in [2.75, 3.05) is 19.7 Å². The first-order valence-electron chi connectivity index (χ1n) is 7.54. The minimum atomic E-state index is -1.06. The number of piperidine rings is 1. The fourth-order valence-electron chi connectivity index (χ4n) is 2.26. The Kier molecular flexibility index (Phi) is 5.61. The van der Waals surface area contributed by atoms with Crippen molar-refractivity contribution in [2.45, 2.75) is 59.1 Å². The Labute approximate surface area is 126 Å². The van der Waals surface area contributed by atoms with Crippen LogP contribution in [0.2, 0.25) is 0 Å². The van der Waals surface area contributed by atoms with Crippen molar-refractivity contribution in [1.82, 2.24) is 10.2 Å². The molecule has 0 aromatic heterocycles. The molecule has 0 spiro atoms. The van der Waals surface area contributed by atoms with Crippen LogP contribution in [0.5, 0.6) is 0 Å². The molecule has 1 rings (SSSR count). The largest absolute Gasteiger partial charge is 0.481 e. The SMILES string of the molecule is CCOC1CCCN(C(=O)NC(C)(C)C(C)(C)C(=O)O)C1. The van der Waals surface area contributed by atoms with Crippen LogP contribution in [0.15, 0.2) is 0 Å². The van der Waals surface area contributed by atoms with Crippen molar-refractivity contribution < 1.29 is 19.4 Å². The van der Waals surface area contributed by atoms with E-state index in [4.69, 9.17) is 4.74 Å². The van der Waals surface area contributed by atoms with Gasteiger partial charge in [0.1, 0.15) is 0 Å². The quantitative estimate of drug-likeness (QED) is 0.815. The fourth-order valence-corrected chi connectivity index (χ4v) is 2.26. The number of carboxylic acid groups (broad SMARTS) is 1.